The first-order valence-electron chi connectivity index (χ1n) is 10.9. The number of nitrogens with zero attached hydrogens (tertiary/aromatic N) is 1. The van der Waals surface area contributed by atoms with E-state index >= 15 is 0 Å². The van der Waals surface area contributed by atoms with Crippen molar-refractivity contribution in [3.63, 3.8) is 0 Å². The second-order valence-electron chi connectivity index (χ2n) is 4.97. The zero-order chi connectivity index (χ0) is 24.1. The normalized spacial score (nSPS) is 12.9. The van der Waals surface area contributed by atoms with Crippen LogP contribution < -0.4 is 26.6 Å². The molecule has 0 aliphatic carbocycles. The molecule has 0 unspecified atom stereocenters. The molecule has 1 heterocycles. The zero-order valence-corrected chi connectivity index (χ0v) is 20.8. The van der Waals surface area contributed by atoms with Crippen molar-refractivity contribution in [2.24, 2.45) is 0 Å². The Morgan fingerprint density at radius 1 is 0.767 bits per heavy atom. The van der Waals surface area contributed by atoms with Crippen LogP contribution in [0.4, 0.5) is 0 Å². The topological polar surface area (TPSA) is 22.0 Å². The van der Waals surface area contributed by atoms with Crippen molar-refractivity contribution in [3.05, 3.63) is 87.6 Å². The smallest absolute Gasteiger partial charge is 0.263 e. The third kappa shape index (κ3) is 8.65. The van der Waals surface area contributed by atoms with Crippen molar-refractivity contribution in [1.82, 2.24) is 4.57 Å². The van der Waals surface area contributed by atoms with Gasteiger partial charge in [0, 0.05) is 16.1 Å². The molecule has 1 aromatic heterocycles. The molecule has 0 bridgehead atoms. The Balaban J connectivity index is -0.00000111. The molecule has 0 spiro atoms. The fourth-order valence-corrected chi connectivity index (χ4v) is 2.60. The van der Waals surface area contributed by atoms with Crippen molar-refractivity contribution >= 4 is 30.0 Å². The van der Waals surface area contributed by atoms with E-state index in [4.69, 9.17) is 0 Å². The van der Waals surface area contributed by atoms with Gasteiger partial charge in [0.15, 0.2) is 0 Å². The van der Waals surface area contributed by atoms with Crippen LogP contribution in [0.2, 0.25) is 0 Å². The van der Waals surface area contributed by atoms with E-state index in [1.807, 2.05) is 98.8 Å². The monoisotopic (exact) mass is 409 g/mol. The molecule has 0 amide bonds. The van der Waals surface area contributed by atoms with Crippen LogP contribution in [0.25, 0.3) is 30.0 Å². The van der Waals surface area contributed by atoms with Gasteiger partial charge in [-0.05, 0) is 44.2 Å². The summed E-state index contributed by atoms with van der Waals surface area (Å²) in [6.45, 7) is 29.2. The van der Waals surface area contributed by atoms with E-state index in [0.29, 0.717) is 10.9 Å². The Morgan fingerprint density at radius 3 is 1.63 bits per heavy atom. The number of allylic oxidation sites excluding steroid dienone is 7. The van der Waals surface area contributed by atoms with Crippen molar-refractivity contribution in [2.45, 2.75) is 62.3 Å². The van der Waals surface area contributed by atoms with Crippen LogP contribution in [0.15, 0.2) is 61.0 Å². The van der Waals surface area contributed by atoms with Gasteiger partial charge in [-0.2, -0.15) is 0 Å². The van der Waals surface area contributed by atoms with Crippen LogP contribution in [-0.2, 0) is 0 Å². The highest BCUT2D eigenvalue weighted by Crippen LogP contribution is 1.98. The molecule has 1 aromatic rings. The first-order valence-corrected chi connectivity index (χ1v) is 10.9. The molecule has 166 valence electrons. The second-order valence-corrected chi connectivity index (χ2v) is 4.97. The predicted octanol–water partition coefficient (Wildman–Crippen LogP) is 5.06. The van der Waals surface area contributed by atoms with E-state index in [-0.39, 0.29) is 5.56 Å². The lowest BCUT2D eigenvalue weighted by molar-refractivity contribution is 0.943. The zero-order valence-electron chi connectivity index (χ0n) is 20.8. The van der Waals surface area contributed by atoms with Crippen LogP contribution in [0.1, 0.15) is 62.3 Å². The van der Waals surface area contributed by atoms with Crippen molar-refractivity contribution in [3.8, 4) is 0 Å². The molecule has 0 aliphatic rings. The highest BCUT2D eigenvalue weighted by atomic mass is 16.1. The predicted molar refractivity (Wildman–Crippen MR) is 142 cm³/mol. The number of hydrogen-bond acceptors (Lipinski definition) is 1. The molecule has 0 saturated carbocycles. The van der Waals surface area contributed by atoms with Crippen LogP contribution >= 0.6 is 0 Å². The summed E-state index contributed by atoms with van der Waals surface area (Å²) >= 11 is 0. The summed E-state index contributed by atoms with van der Waals surface area (Å²) in [7, 11) is 0. The minimum absolute atomic E-state index is 0.104. The Morgan fingerprint density at radius 2 is 1.27 bits per heavy atom. The molecular formula is C28H43NO. The van der Waals surface area contributed by atoms with Gasteiger partial charge in [-0.15, -0.1) is 0 Å². The van der Waals surface area contributed by atoms with Gasteiger partial charge in [0.1, 0.15) is 0 Å². The SMILES string of the molecule is C=C/C=c1/c(=C/C)/c(=C\C=C)c(=O)n(/C(C=C)=C/C=C\C)/c1=C/C.CC.CC.CC. The van der Waals surface area contributed by atoms with E-state index in [1.165, 1.54) is 0 Å². The lowest BCUT2D eigenvalue weighted by Gasteiger charge is -2.10. The fraction of sp³-hybridized carbons (Fsp3) is 0.321. The quantitative estimate of drug-likeness (QED) is 0.623. The van der Waals surface area contributed by atoms with Crippen molar-refractivity contribution in [1.29, 1.82) is 0 Å². The minimum Gasteiger partial charge on any atom is -0.277 e. The molecule has 0 N–H and O–H groups in total. The summed E-state index contributed by atoms with van der Waals surface area (Å²) in [5, 5.41) is 3.22. The third-order valence-corrected chi connectivity index (χ3v) is 3.59. The van der Waals surface area contributed by atoms with Gasteiger partial charge >= 0.3 is 0 Å². The van der Waals surface area contributed by atoms with E-state index in [9.17, 15) is 4.79 Å². The standard InChI is InChI=1S/C22H25NO.3C2H6/c1-7-13-16-17(10-4)23-21(12-6)19(14-8-2)18(11-5)20(15-9-3)22(23)24;3*1-2/h7-16H,2-4H2,1,5-6H3;3*1-2H3/b13-7-,17-16+,18-11-,19-14-,20-15+,21-12+;;;. The molecule has 30 heavy (non-hydrogen) atoms. The summed E-state index contributed by atoms with van der Waals surface area (Å²) in [6, 6.07) is 0. The number of rotatable bonds is 5. The molecule has 1 rings (SSSR count). The Hall–Kier alpha value is -2.87. The molecule has 2 heteroatoms. The van der Waals surface area contributed by atoms with Crippen LogP contribution in [0.3, 0.4) is 0 Å². The fourth-order valence-electron chi connectivity index (χ4n) is 2.60. The maximum Gasteiger partial charge on any atom is 0.263 e. The third-order valence-electron chi connectivity index (χ3n) is 3.59. The largest absolute Gasteiger partial charge is 0.277 e. The molecule has 0 fully saturated rings. The lowest BCUT2D eigenvalue weighted by Crippen LogP contribution is -2.61. The highest BCUT2D eigenvalue weighted by Gasteiger charge is 2.06. The summed E-state index contributed by atoms with van der Waals surface area (Å²) in [5.41, 5.74) is 0.610. The van der Waals surface area contributed by atoms with Gasteiger partial charge in [0.05, 0.1) is 5.35 Å². The van der Waals surface area contributed by atoms with E-state index < -0.39 is 0 Å². The van der Waals surface area contributed by atoms with Gasteiger partial charge in [0.2, 0.25) is 0 Å². The molecule has 2 nitrogen and oxygen atoms in total. The van der Waals surface area contributed by atoms with Crippen molar-refractivity contribution in [2.75, 3.05) is 0 Å². The first-order chi connectivity index (χ1) is 14.6. The average molecular weight is 410 g/mol. The molecule has 0 saturated heterocycles. The minimum atomic E-state index is -0.104. The maximum atomic E-state index is 13.1. The van der Waals surface area contributed by atoms with Gasteiger partial charge in [-0.3, -0.25) is 9.36 Å². The van der Waals surface area contributed by atoms with E-state index in [1.54, 1.807) is 28.9 Å². The van der Waals surface area contributed by atoms with E-state index in [0.717, 1.165) is 15.8 Å². The van der Waals surface area contributed by atoms with Crippen molar-refractivity contribution < 1.29 is 0 Å². The van der Waals surface area contributed by atoms with Crippen LogP contribution in [-0.4, -0.2) is 4.57 Å². The summed E-state index contributed by atoms with van der Waals surface area (Å²) in [5.74, 6) is 0. The number of hydrogen-bond donors (Lipinski definition) is 0. The average Bonchev–Trinajstić information content (AvgIpc) is 2.81. The Labute approximate surface area is 184 Å². The van der Waals surface area contributed by atoms with Crippen LogP contribution in [0.5, 0.6) is 0 Å². The highest BCUT2D eigenvalue weighted by molar-refractivity contribution is 5.60. The summed E-state index contributed by atoms with van der Waals surface area (Å²) in [4.78, 5) is 13.1. The van der Waals surface area contributed by atoms with Gasteiger partial charge in [-0.1, -0.05) is 104 Å². The van der Waals surface area contributed by atoms with Gasteiger partial charge in [0.25, 0.3) is 5.56 Å². The summed E-state index contributed by atoms with van der Waals surface area (Å²) in [6.07, 6.45) is 18.2. The molecular weight excluding hydrogens is 366 g/mol. The maximum absolute atomic E-state index is 13.1. The number of pyridine rings is 1. The lowest BCUT2D eigenvalue weighted by atomic mass is 10.1. The molecule has 0 atom stereocenters. The van der Waals surface area contributed by atoms with E-state index in [2.05, 4.69) is 19.7 Å². The Kier molecular flexibility index (Phi) is 22.1. The molecule has 0 aliphatic heterocycles. The molecule has 0 radical (unpaired) electrons. The Bertz CT molecular complexity index is 997. The number of aromatic nitrogens is 1. The van der Waals surface area contributed by atoms with Crippen LogP contribution in [0, 0.1) is 0 Å². The van der Waals surface area contributed by atoms with Gasteiger partial charge in [-0.25, -0.2) is 0 Å². The summed E-state index contributed by atoms with van der Waals surface area (Å²) < 4.78 is 1.67. The molecule has 0 aromatic carbocycles. The second kappa shape index (κ2) is 20.9. The van der Waals surface area contributed by atoms with Gasteiger partial charge < -0.3 is 0 Å². The first kappa shape index (κ1) is 31.8.